The van der Waals surface area contributed by atoms with E-state index in [9.17, 15) is 4.79 Å². The van der Waals surface area contributed by atoms with Gasteiger partial charge in [0.2, 0.25) is 0 Å². The van der Waals surface area contributed by atoms with Crippen molar-refractivity contribution in [2.45, 2.75) is 33.4 Å². The molecule has 2 aromatic rings. The summed E-state index contributed by atoms with van der Waals surface area (Å²) >= 11 is 6.36. The Morgan fingerprint density at radius 2 is 1.82 bits per heavy atom. The van der Waals surface area contributed by atoms with Crippen LogP contribution >= 0.6 is 11.6 Å². The predicted octanol–water partition coefficient (Wildman–Crippen LogP) is 3.10. The maximum Gasteiger partial charge on any atom is 0.251 e. The molecule has 1 amide bonds. The number of ether oxygens (including phenoxy) is 2. The fourth-order valence-electron chi connectivity index (χ4n) is 2.87. The number of carbonyl (C=O) groups excluding carboxylic acids is 1. The molecular formula is C22H30ClN2O3+. The molecule has 0 heterocycles. The van der Waals surface area contributed by atoms with E-state index in [-0.39, 0.29) is 5.91 Å². The zero-order valence-electron chi connectivity index (χ0n) is 17.1. The molecule has 0 radical (unpaired) electrons. The van der Waals surface area contributed by atoms with Gasteiger partial charge in [-0.2, -0.15) is 0 Å². The molecule has 2 N–H and O–H groups in total. The maximum atomic E-state index is 12.7. The molecule has 0 unspecified atom stereocenters. The SMILES string of the molecule is CCCOc1c(Cl)cc(C(=O)NCc2ccccc2C[NH+](C)C)cc1OCC. The first-order chi connectivity index (χ1) is 13.5. The van der Waals surface area contributed by atoms with Gasteiger partial charge in [-0.3, -0.25) is 4.79 Å². The second-order valence-corrected chi connectivity index (χ2v) is 7.31. The van der Waals surface area contributed by atoms with Crippen molar-refractivity contribution in [3.8, 4) is 11.5 Å². The maximum absolute atomic E-state index is 12.7. The summed E-state index contributed by atoms with van der Waals surface area (Å²) < 4.78 is 11.3. The molecule has 5 nitrogen and oxygen atoms in total. The molecule has 6 heteroatoms. The van der Waals surface area contributed by atoms with Crippen LogP contribution in [0.2, 0.25) is 5.02 Å². The average molecular weight is 406 g/mol. The Morgan fingerprint density at radius 1 is 1.11 bits per heavy atom. The summed E-state index contributed by atoms with van der Waals surface area (Å²) in [4.78, 5) is 14.0. The van der Waals surface area contributed by atoms with Gasteiger partial charge in [-0.25, -0.2) is 0 Å². The number of quaternary nitrogens is 1. The van der Waals surface area contributed by atoms with Gasteiger partial charge in [0.15, 0.2) is 11.5 Å². The topological polar surface area (TPSA) is 52.0 Å². The Bertz CT molecular complexity index is 793. The molecule has 152 valence electrons. The minimum Gasteiger partial charge on any atom is -0.490 e. The van der Waals surface area contributed by atoms with Crippen molar-refractivity contribution < 1.29 is 19.2 Å². The summed E-state index contributed by atoms with van der Waals surface area (Å²) in [7, 11) is 4.21. The molecule has 0 fully saturated rings. The van der Waals surface area contributed by atoms with Gasteiger partial charge in [0, 0.05) is 17.7 Å². The smallest absolute Gasteiger partial charge is 0.251 e. The highest BCUT2D eigenvalue weighted by atomic mass is 35.5. The molecule has 0 aliphatic rings. The fourth-order valence-corrected chi connectivity index (χ4v) is 3.13. The van der Waals surface area contributed by atoms with Crippen LogP contribution in [-0.2, 0) is 13.1 Å². The van der Waals surface area contributed by atoms with Crippen molar-refractivity contribution in [1.29, 1.82) is 0 Å². The Morgan fingerprint density at radius 3 is 2.46 bits per heavy atom. The van der Waals surface area contributed by atoms with E-state index < -0.39 is 0 Å². The van der Waals surface area contributed by atoms with Crippen molar-refractivity contribution in [1.82, 2.24) is 5.32 Å². The number of rotatable bonds is 10. The number of carbonyl (C=O) groups is 1. The van der Waals surface area contributed by atoms with Gasteiger partial charge in [-0.15, -0.1) is 0 Å². The fraction of sp³-hybridized carbons (Fsp3) is 0.409. The van der Waals surface area contributed by atoms with Gasteiger partial charge in [-0.05, 0) is 31.0 Å². The van der Waals surface area contributed by atoms with Gasteiger partial charge < -0.3 is 19.7 Å². The third-order valence-corrected chi connectivity index (χ3v) is 4.40. The van der Waals surface area contributed by atoms with Gasteiger partial charge in [-0.1, -0.05) is 42.8 Å². The Balaban J connectivity index is 2.16. The zero-order chi connectivity index (χ0) is 20.5. The Kier molecular flexibility index (Phi) is 8.61. The third kappa shape index (κ3) is 6.14. The normalized spacial score (nSPS) is 10.8. The van der Waals surface area contributed by atoms with Crippen molar-refractivity contribution in [2.75, 3.05) is 27.3 Å². The quantitative estimate of drug-likeness (QED) is 0.638. The zero-order valence-corrected chi connectivity index (χ0v) is 17.9. The first-order valence-electron chi connectivity index (χ1n) is 9.69. The molecular weight excluding hydrogens is 376 g/mol. The van der Waals surface area contributed by atoms with Crippen LogP contribution in [0.3, 0.4) is 0 Å². The first kappa shape index (κ1) is 22.1. The highest BCUT2D eigenvalue weighted by molar-refractivity contribution is 6.32. The van der Waals surface area contributed by atoms with Crippen LogP contribution in [0.4, 0.5) is 0 Å². The van der Waals surface area contributed by atoms with E-state index in [0.717, 1.165) is 18.5 Å². The van der Waals surface area contributed by atoms with E-state index in [1.165, 1.54) is 10.5 Å². The molecule has 0 bridgehead atoms. The predicted molar refractivity (Wildman–Crippen MR) is 113 cm³/mol. The number of hydrogen-bond donors (Lipinski definition) is 2. The Labute approximate surface area is 172 Å². The van der Waals surface area contributed by atoms with Gasteiger partial charge in [0.1, 0.15) is 6.54 Å². The molecule has 0 spiro atoms. The van der Waals surface area contributed by atoms with Crippen molar-refractivity contribution >= 4 is 17.5 Å². The van der Waals surface area contributed by atoms with Crippen molar-refractivity contribution in [3.05, 3.63) is 58.1 Å². The van der Waals surface area contributed by atoms with Crippen LogP contribution in [0, 0.1) is 0 Å². The standard InChI is InChI=1S/C22H29ClN2O3/c1-5-11-28-21-19(23)12-18(13-20(21)27-6-2)22(26)24-14-16-9-7-8-10-17(16)15-25(3)4/h7-10,12-13H,5-6,11,14-15H2,1-4H3,(H,24,26)/p+1. The van der Waals surface area contributed by atoms with Crippen molar-refractivity contribution in [3.63, 3.8) is 0 Å². The summed E-state index contributed by atoms with van der Waals surface area (Å²) in [5.41, 5.74) is 2.78. The van der Waals surface area contributed by atoms with Crippen LogP contribution in [0.1, 0.15) is 41.8 Å². The second-order valence-electron chi connectivity index (χ2n) is 6.90. The van der Waals surface area contributed by atoms with E-state index in [1.54, 1.807) is 12.1 Å². The first-order valence-corrected chi connectivity index (χ1v) is 10.1. The van der Waals surface area contributed by atoms with Gasteiger partial charge in [0.25, 0.3) is 5.91 Å². The lowest BCUT2D eigenvalue weighted by molar-refractivity contribution is -0.872. The van der Waals surface area contributed by atoms with E-state index >= 15 is 0 Å². The lowest BCUT2D eigenvalue weighted by atomic mass is 10.1. The highest BCUT2D eigenvalue weighted by Crippen LogP contribution is 2.36. The number of hydrogen-bond acceptors (Lipinski definition) is 3. The van der Waals surface area contributed by atoms with Crippen LogP contribution in [0.15, 0.2) is 36.4 Å². The molecule has 0 aliphatic carbocycles. The molecule has 0 atom stereocenters. The summed E-state index contributed by atoms with van der Waals surface area (Å²) in [6.45, 7) is 6.26. The molecule has 28 heavy (non-hydrogen) atoms. The van der Waals surface area contributed by atoms with E-state index in [4.69, 9.17) is 21.1 Å². The number of halogens is 1. The highest BCUT2D eigenvalue weighted by Gasteiger charge is 2.16. The lowest BCUT2D eigenvalue weighted by Gasteiger charge is -2.15. The third-order valence-electron chi connectivity index (χ3n) is 4.12. The van der Waals surface area contributed by atoms with Crippen LogP contribution in [0.5, 0.6) is 11.5 Å². The molecule has 2 aromatic carbocycles. The largest absolute Gasteiger partial charge is 0.490 e. The van der Waals surface area contributed by atoms with Gasteiger partial charge >= 0.3 is 0 Å². The second kappa shape index (κ2) is 10.9. The molecule has 0 aliphatic heterocycles. The molecule has 0 saturated heterocycles. The summed E-state index contributed by atoms with van der Waals surface area (Å²) in [5, 5.41) is 3.36. The Hall–Kier alpha value is -2.24. The van der Waals surface area contributed by atoms with Crippen LogP contribution < -0.4 is 19.7 Å². The number of nitrogens with one attached hydrogen (secondary N) is 2. The minimum atomic E-state index is -0.197. The summed E-state index contributed by atoms with van der Waals surface area (Å²) in [5.74, 6) is 0.781. The van der Waals surface area contributed by atoms with Gasteiger partial charge in [0.05, 0.1) is 32.3 Å². The summed E-state index contributed by atoms with van der Waals surface area (Å²) in [6, 6.07) is 11.5. The van der Waals surface area contributed by atoms with Crippen molar-refractivity contribution in [2.24, 2.45) is 0 Å². The van der Waals surface area contributed by atoms with E-state index in [0.29, 0.717) is 41.8 Å². The number of benzene rings is 2. The average Bonchev–Trinajstić information content (AvgIpc) is 2.66. The summed E-state index contributed by atoms with van der Waals surface area (Å²) in [6.07, 6.45) is 0.859. The van der Waals surface area contributed by atoms with E-state index in [2.05, 4.69) is 25.5 Å². The monoisotopic (exact) mass is 405 g/mol. The molecule has 0 aromatic heterocycles. The molecule has 2 rings (SSSR count). The molecule has 0 saturated carbocycles. The van der Waals surface area contributed by atoms with Crippen LogP contribution in [0.25, 0.3) is 0 Å². The van der Waals surface area contributed by atoms with E-state index in [1.807, 2.05) is 32.0 Å². The minimum absolute atomic E-state index is 0.197. The number of amides is 1. The van der Waals surface area contributed by atoms with Crippen LogP contribution in [-0.4, -0.2) is 33.2 Å². The lowest BCUT2D eigenvalue weighted by Crippen LogP contribution is -3.04.